The van der Waals surface area contributed by atoms with Crippen LogP contribution in [0.25, 0.3) is 11.1 Å². The first-order valence-corrected chi connectivity index (χ1v) is 10.8. The van der Waals surface area contributed by atoms with Crippen LogP contribution in [0.2, 0.25) is 0 Å². The zero-order chi connectivity index (χ0) is 23.9. The van der Waals surface area contributed by atoms with Gasteiger partial charge in [-0.2, -0.15) is 0 Å². The monoisotopic (exact) mass is 456 g/mol. The number of fused-ring (bicyclic) bond motifs is 4. The van der Waals surface area contributed by atoms with Gasteiger partial charge in [0.2, 0.25) is 11.8 Å². The molecule has 4 N–H and O–H groups in total. The highest BCUT2D eigenvalue weighted by molar-refractivity contribution is 6.00. The number of anilines is 1. The molecule has 0 saturated heterocycles. The van der Waals surface area contributed by atoms with Crippen molar-refractivity contribution in [2.45, 2.75) is 25.5 Å². The molecule has 0 fully saturated rings. The zero-order valence-corrected chi connectivity index (χ0v) is 18.4. The third kappa shape index (κ3) is 5.66. The van der Waals surface area contributed by atoms with E-state index < -0.39 is 18.0 Å². The van der Waals surface area contributed by atoms with Crippen molar-refractivity contribution in [3.8, 4) is 11.1 Å². The first-order valence-electron chi connectivity index (χ1n) is 10.8. The third-order valence-corrected chi connectivity index (χ3v) is 5.37. The van der Waals surface area contributed by atoms with Crippen molar-refractivity contribution < 1.29 is 19.1 Å². The maximum Gasteiger partial charge on any atom is 0.408 e. The minimum Gasteiger partial charge on any atom is -0.445 e. The van der Waals surface area contributed by atoms with Crippen molar-refractivity contribution in [3.05, 3.63) is 95.8 Å². The molecule has 2 aromatic carbocycles. The van der Waals surface area contributed by atoms with Crippen LogP contribution < -0.4 is 16.4 Å². The highest BCUT2D eigenvalue weighted by atomic mass is 16.5. The maximum absolute atomic E-state index is 12.5. The summed E-state index contributed by atoms with van der Waals surface area (Å²) < 4.78 is 5.37. The lowest BCUT2D eigenvalue weighted by Gasteiger charge is -2.19. The van der Waals surface area contributed by atoms with E-state index in [0.29, 0.717) is 23.4 Å². The molecule has 0 saturated carbocycles. The molecule has 4 rings (SSSR count). The van der Waals surface area contributed by atoms with Gasteiger partial charge in [0, 0.05) is 29.4 Å². The highest BCUT2D eigenvalue weighted by Gasteiger charge is 2.19. The molecule has 0 aliphatic carbocycles. The lowest BCUT2D eigenvalue weighted by atomic mass is 9.98. The average Bonchev–Trinajstić information content (AvgIpc) is 2.84. The van der Waals surface area contributed by atoms with E-state index in [2.05, 4.69) is 15.6 Å². The average molecular weight is 457 g/mol. The molecule has 34 heavy (non-hydrogen) atoms. The number of carbonyl (C=O) groups excluding carboxylic acids is 3. The second kappa shape index (κ2) is 10.4. The summed E-state index contributed by atoms with van der Waals surface area (Å²) in [6.45, 7) is 0.151. The van der Waals surface area contributed by atoms with Crippen LogP contribution in [0.4, 0.5) is 10.5 Å². The van der Waals surface area contributed by atoms with Crippen LogP contribution >= 0.6 is 0 Å². The first-order chi connectivity index (χ1) is 16.5. The Morgan fingerprint density at radius 1 is 1.09 bits per heavy atom. The number of hydrogen-bond donors (Lipinski definition) is 3. The Kier molecular flexibility index (Phi) is 6.98. The van der Waals surface area contributed by atoms with Gasteiger partial charge < -0.3 is 21.1 Å². The zero-order valence-electron chi connectivity index (χ0n) is 18.4. The number of amides is 3. The van der Waals surface area contributed by atoms with Gasteiger partial charge in [-0.15, -0.1) is 0 Å². The number of aromatic nitrogens is 1. The first kappa shape index (κ1) is 22.7. The number of hydrogen-bond acceptors (Lipinski definition) is 5. The summed E-state index contributed by atoms with van der Waals surface area (Å²) in [4.78, 5) is 41.1. The second-order valence-corrected chi connectivity index (χ2v) is 7.81. The van der Waals surface area contributed by atoms with Gasteiger partial charge in [-0.25, -0.2) is 4.79 Å². The molecule has 172 valence electrons. The van der Waals surface area contributed by atoms with Crippen molar-refractivity contribution in [2.24, 2.45) is 5.73 Å². The third-order valence-electron chi connectivity index (χ3n) is 5.37. The number of benzene rings is 2. The summed E-state index contributed by atoms with van der Waals surface area (Å²) in [7, 11) is 0. The van der Waals surface area contributed by atoms with Gasteiger partial charge in [-0.3, -0.25) is 14.6 Å². The molecule has 1 aromatic heterocycles. The minimum absolute atomic E-state index is 0.132. The van der Waals surface area contributed by atoms with E-state index in [-0.39, 0.29) is 24.5 Å². The summed E-state index contributed by atoms with van der Waals surface area (Å²) in [6.07, 6.45) is 5.17. The fourth-order valence-electron chi connectivity index (χ4n) is 3.64. The van der Waals surface area contributed by atoms with Crippen LogP contribution in [0.15, 0.2) is 79.0 Å². The van der Waals surface area contributed by atoms with E-state index in [1.807, 2.05) is 42.5 Å². The molecular weight excluding hydrogens is 432 g/mol. The summed E-state index contributed by atoms with van der Waals surface area (Å²) in [5.41, 5.74) is 9.17. The topological polar surface area (TPSA) is 123 Å². The van der Waals surface area contributed by atoms with Crippen LogP contribution in [-0.2, 0) is 16.1 Å². The fourth-order valence-corrected chi connectivity index (χ4v) is 3.64. The maximum atomic E-state index is 12.5. The van der Waals surface area contributed by atoms with Gasteiger partial charge in [-0.1, -0.05) is 48.6 Å². The molecule has 8 heteroatoms. The van der Waals surface area contributed by atoms with E-state index in [0.717, 1.165) is 11.1 Å². The standard InChI is InChI=1S/C26H24N4O4/c27-25(32)19-10-11-20-18-12-13-28-23(14-18)21(8-4-5-9-24(31)29-22(20)15-19)30-26(33)34-16-17-6-2-1-3-7-17/h1-7,10-15,21H,8-9,16H2,(H2,27,32)(H,29,31)(H,30,33)/t21-/m0/s1. The van der Waals surface area contributed by atoms with Crippen LogP contribution in [0.5, 0.6) is 0 Å². The summed E-state index contributed by atoms with van der Waals surface area (Å²) in [5, 5.41) is 5.72. The van der Waals surface area contributed by atoms with E-state index in [4.69, 9.17) is 10.5 Å². The lowest BCUT2D eigenvalue weighted by molar-refractivity contribution is -0.115. The van der Waals surface area contributed by atoms with Crippen molar-refractivity contribution in [1.29, 1.82) is 0 Å². The van der Waals surface area contributed by atoms with Crippen LogP contribution in [0, 0.1) is 0 Å². The Morgan fingerprint density at radius 3 is 2.71 bits per heavy atom. The number of nitrogens with two attached hydrogens (primary N) is 1. The van der Waals surface area contributed by atoms with Gasteiger partial charge in [0.1, 0.15) is 6.61 Å². The Balaban J connectivity index is 1.62. The minimum atomic E-state index is -0.586. The molecule has 1 atom stereocenters. The van der Waals surface area contributed by atoms with E-state index in [1.54, 1.807) is 36.5 Å². The van der Waals surface area contributed by atoms with Crippen molar-refractivity contribution in [1.82, 2.24) is 10.3 Å². The quantitative estimate of drug-likeness (QED) is 0.510. The number of alkyl carbamates (subject to hydrolysis) is 1. The summed E-state index contributed by atoms with van der Waals surface area (Å²) in [5.74, 6) is -0.822. The smallest absolute Gasteiger partial charge is 0.408 e. The molecule has 3 amide bonds. The Morgan fingerprint density at radius 2 is 1.91 bits per heavy atom. The van der Waals surface area contributed by atoms with Gasteiger partial charge in [-0.05, 0) is 41.8 Å². The number of ether oxygens (including phenoxy) is 1. The molecule has 0 radical (unpaired) electrons. The summed E-state index contributed by atoms with van der Waals surface area (Å²) in [6, 6.07) is 17.5. The lowest BCUT2D eigenvalue weighted by Crippen LogP contribution is -2.29. The number of carbonyl (C=O) groups is 3. The Bertz CT molecular complexity index is 1240. The largest absolute Gasteiger partial charge is 0.445 e. The van der Waals surface area contributed by atoms with Crippen molar-refractivity contribution in [3.63, 3.8) is 0 Å². The fraction of sp³-hybridized carbons (Fsp3) is 0.154. The molecule has 2 heterocycles. The number of pyridine rings is 1. The second-order valence-electron chi connectivity index (χ2n) is 7.81. The molecular formula is C26H24N4O4. The highest BCUT2D eigenvalue weighted by Crippen LogP contribution is 2.31. The van der Waals surface area contributed by atoms with Crippen LogP contribution in [0.1, 0.15) is 40.5 Å². The van der Waals surface area contributed by atoms with Crippen LogP contribution in [-0.4, -0.2) is 22.9 Å². The molecule has 3 aromatic rings. The SMILES string of the molecule is NC(=O)c1ccc2c(c1)NC(=O)CC=CC[C@H](NC(=O)OCc1ccccc1)c1cc-2ccn1. The van der Waals surface area contributed by atoms with E-state index in [9.17, 15) is 14.4 Å². The van der Waals surface area contributed by atoms with Gasteiger partial charge >= 0.3 is 6.09 Å². The van der Waals surface area contributed by atoms with Crippen molar-refractivity contribution in [2.75, 3.05) is 5.32 Å². The van der Waals surface area contributed by atoms with Gasteiger partial charge in [0.25, 0.3) is 0 Å². The number of rotatable bonds is 4. The molecule has 1 aliphatic rings. The molecule has 0 unspecified atom stereocenters. The number of nitrogens with one attached hydrogen (secondary N) is 2. The predicted molar refractivity (Wildman–Crippen MR) is 128 cm³/mol. The molecule has 1 aliphatic heterocycles. The number of primary amides is 1. The number of nitrogens with zero attached hydrogens (tertiary/aromatic N) is 1. The van der Waals surface area contributed by atoms with E-state index >= 15 is 0 Å². The Labute approximate surface area is 196 Å². The molecule has 0 spiro atoms. The van der Waals surface area contributed by atoms with Crippen LogP contribution in [0.3, 0.4) is 0 Å². The van der Waals surface area contributed by atoms with Gasteiger partial charge in [0.05, 0.1) is 11.7 Å². The van der Waals surface area contributed by atoms with E-state index in [1.165, 1.54) is 0 Å². The molecule has 8 nitrogen and oxygen atoms in total. The van der Waals surface area contributed by atoms with Crippen molar-refractivity contribution >= 4 is 23.6 Å². The Hall–Kier alpha value is -4.46. The predicted octanol–water partition coefficient (Wildman–Crippen LogP) is 4.10. The summed E-state index contributed by atoms with van der Waals surface area (Å²) >= 11 is 0. The normalized spacial score (nSPS) is 15.2. The van der Waals surface area contributed by atoms with Gasteiger partial charge in [0.15, 0.2) is 0 Å². The molecule has 2 bridgehead atoms.